The first-order valence-corrected chi connectivity index (χ1v) is 14.9. The van der Waals surface area contributed by atoms with Crippen molar-refractivity contribution in [3.05, 3.63) is 52.1 Å². The van der Waals surface area contributed by atoms with E-state index in [-0.39, 0.29) is 11.2 Å². The molecule has 0 amide bonds. The van der Waals surface area contributed by atoms with Gasteiger partial charge in [0.15, 0.2) is 5.52 Å². The van der Waals surface area contributed by atoms with Crippen molar-refractivity contribution in [1.29, 1.82) is 0 Å². The van der Waals surface area contributed by atoms with Crippen molar-refractivity contribution in [3.63, 3.8) is 0 Å². The lowest BCUT2D eigenvalue weighted by Gasteiger charge is -2.23. The van der Waals surface area contributed by atoms with Crippen LogP contribution in [-0.4, -0.2) is 56.4 Å². The Morgan fingerprint density at radius 3 is 2.37 bits per heavy atom. The van der Waals surface area contributed by atoms with Gasteiger partial charge < -0.3 is 26.0 Å². The fourth-order valence-corrected chi connectivity index (χ4v) is 5.16. The van der Waals surface area contributed by atoms with Crippen LogP contribution in [0.3, 0.4) is 0 Å². The number of hydrogen-bond donors (Lipinski definition) is 4. The summed E-state index contributed by atoms with van der Waals surface area (Å²) in [6, 6.07) is 11.3. The number of nitrogens with zero attached hydrogens (tertiary/aromatic N) is 6. The van der Waals surface area contributed by atoms with Gasteiger partial charge in [-0.05, 0) is 59.8 Å². The lowest BCUT2D eigenvalue weighted by molar-refractivity contribution is -0.383. The van der Waals surface area contributed by atoms with Crippen molar-refractivity contribution in [3.8, 4) is 5.75 Å². The van der Waals surface area contributed by atoms with Gasteiger partial charge in [-0.1, -0.05) is 44.2 Å². The van der Waals surface area contributed by atoms with Crippen LogP contribution in [0.5, 0.6) is 5.75 Å². The molecule has 0 saturated heterocycles. The fraction of sp³-hybridized carbons (Fsp3) is 0.483. The van der Waals surface area contributed by atoms with Crippen molar-refractivity contribution < 1.29 is 14.3 Å². The average Bonchev–Trinajstić information content (AvgIpc) is 3.52. The van der Waals surface area contributed by atoms with Gasteiger partial charge in [0.25, 0.3) is 0 Å². The molecule has 4 N–H and O–H groups in total. The molecular weight excluding hydrogens is 552 g/mol. The number of hydrogen-bond acceptors (Lipinski definition) is 13. The summed E-state index contributed by atoms with van der Waals surface area (Å²) in [6.07, 6.45) is 9.91. The zero-order valence-electron chi connectivity index (χ0n) is 24.3. The van der Waals surface area contributed by atoms with E-state index in [0.717, 1.165) is 56.4 Å². The zero-order chi connectivity index (χ0) is 29.9. The Labute approximate surface area is 249 Å². The number of nitro groups is 1. The molecule has 4 aromatic rings. The summed E-state index contributed by atoms with van der Waals surface area (Å²) < 4.78 is 10.1. The summed E-state index contributed by atoms with van der Waals surface area (Å²) in [4.78, 5) is 24.6. The zero-order valence-corrected chi connectivity index (χ0v) is 24.3. The molecule has 0 spiro atoms. The number of aromatic nitrogens is 5. The highest BCUT2D eigenvalue weighted by molar-refractivity contribution is 5.93. The van der Waals surface area contributed by atoms with Gasteiger partial charge in [-0.3, -0.25) is 10.1 Å². The van der Waals surface area contributed by atoms with E-state index < -0.39 is 4.92 Å². The maximum absolute atomic E-state index is 11.2. The highest BCUT2D eigenvalue weighted by Gasteiger charge is 2.19. The largest absolute Gasteiger partial charge is 0.497 e. The van der Waals surface area contributed by atoms with Crippen LogP contribution < -0.4 is 26.0 Å². The fourth-order valence-electron chi connectivity index (χ4n) is 5.16. The smallest absolute Gasteiger partial charge is 0.300 e. The molecule has 0 unspecified atom stereocenters. The molecule has 2 aromatic heterocycles. The molecule has 1 aliphatic rings. The number of ether oxygens (including phenoxy) is 1. The first-order chi connectivity index (χ1) is 21.1. The Kier molecular flexibility index (Phi) is 10.3. The van der Waals surface area contributed by atoms with E-state index in [2.05, 4.69) is 46.5 Å². The summed E-state index contributed by atoms with van der Waals surface area (Å²) in [7, 11) is 1.66. The molecule has 1 fully saturated rings. The molecule has 228 valence electrons. The molecule has 14 heteroatoms. The molecule has 0 radical (unpaired) electrons. The Morgan fingerprint density at radius 2 is 1.60 bits per heavy atom. The van der Waals surface area contributed by atoms with E-state index in [4.69, 9.17) is 9.37 Å². The van der Waals surface area contributed by atoms with Gasteiger partial charge in [-0.25, -0.2) is 4.63 Å². The summed E-state index contributed by atoms with van der Waals surface area (Å²) in [5.41, 5.74) is 2.14. The topological polar surface area (TPSA) is 178 Å². The van der Waals surface area contributed by atoms with E-state index in [1.807, 2.05) is 24.3 Å². The SMILES string of the molecule is COc1cccc(CNc2nc(NCCCCCCNc3ccc([N+](=O)[O-])c4nonc34)nc(NC3CCCCC3)n2)c1. The number of methoxy groups -OCH3 is 1. The second-order valence-electron chi connectivity index (χ2n) is 10.6. The van der Waals surface area contributed by atoms with E-state index in [1.165, 1.54) is 25.3 Å². The number of nitro benzene ring substituents is 1. The summed E-state index contributed by atoms with van der Waals surface area (Å²) in [5.74, 6) is 2.47. The lowest BCUT2D eigenvalue weighted by Crippen LogP contribution is -2.24. The molecule has 1 saturated carbocycles. The van der Waals surface area contributed by atoms with Crippen LogP contribution in [0.2, 0.25) is 0 Å². The summed E-state index contributed by atoms with van der Waals surface area (Å²) in [5, 5.41) is 32.2. The average molecular weight is 591 g/mol. The highest BCUT2D eigenvalue weighted by atomic mass is 16.6. The molecule has 0 bridgehead atoms. The summed E-state index contributed by atoms with van der Waals surface area (Å²) in [6.45, 7) is 2.01. The van der Waals surface area contributed by atoms with E-state index >= 15 is 0 Å². The van der Waals surface area contributed by atoms with Crippen LogP contribution in [0.15, 0.2) is 41.0 Å². The number of nitrogens with one attached hydrogen (secondary N) is 4. The minimum absolute atomic E-state index is 0.121. The Balaban J connectivity index is 1.09. The second-order valence-corrected chi connectivity index (χ2v) is 10.6. The molecular formula is C29H38N10O4. The van der Waals surface area contributed by atoms with Crippen molar-refractivity contribution in [2.75, 3.05) is 41.5 Å². The van der Waals surface area contributed by atoms with Gasteiger partial charge in [0, 0.05) is 31.7 Å². The number of anilines is 4. The Hall–Kier alpha value is -4.75. The minimum atomic E-state index is -0.491. The van der Waals surface area contributed by atoms with Gasteiger partial charge in [0.05, 0.1) is 17.7 Å². The molecule has 0 aliphatic heterocycles. The van der Waals surface area contributed by atoms with Crippen LogP contribution in [-0.2, 0) is 6.54 Å². The number of rotatable bonds is 16. The van der Waals surface area contributed by atoms with Crippen molar-refractivity contribution in [2.24, 2.45) is 0 Å². The third kappa shape index (κ3) is 8.40. The number of fused-ring (bicyclic) bond motifs is 1. The molecule has 2 aromatic carbocycles. The predicted molar refractivity (Wildman–Crippen MR) is 165 cm³/mol. The normalized spacial score (nSPS) is 13.5. The third-order valence-electron chi connectivity index (χ3n) is 7.45. The lowest BCUT2D eigenvalue weighted by atomic mass is 9.96. The van der Waals surface area contributed by atoms with Crippen LogP contribution >= 0.6 is 0 Å². The van der Waals surface area contributed by atoms with E-state index in [0.29, 0.717) is 48.2 Å². The van der Waals surface area contributed by atoms with Crippen LogP contribution in [0.1, 0.15) is 63.4 Å². The third-order valence-corrected chi connectivity index (χ3v) is 7.45. The highest BCUT2D eigenvalue weighted by Crippen LogP contribution is 2.28. The predicted octanol–water partition coefficient (Wildman–Crippen LogP) is 5.77. The number of benzene rings is 2. The van der Waals surface area contributed by atoms with Crippen LogP contribution in [0.4, 0.5) is 29.2 Å². The number of non-ortho nitro benzene ring substituents is 1. The maximum Gasteiger partial charge on any atom is 0.300 e. The molecule has 0 atom stereocenters. The van der Waals surface area contributed by atoms with Crippen LogP contribution in [0, 0.1) is 10.1 Å². The standard InChI is InChI=1S/C29H38N10O4/c1-42-22-13-9-10-20(18-22)19-32-28-34-27(35-29(36-28)33-21-11-5-4-6-12-21)31-17-8-3-2-7-16-30-23-14-15-24(39(40)41)26-25(23)37-43-38-26/h9-10,13-15,18,21,30H,2-8,11-12,16-17,19H2,1H3,(H3,31,32,33,34,35,36). The van der Waals surface area contributed by atoms with Crippen molar-refractivity contribution in [2.45, 2.75) is 70.4 Å². The Morgan fingerprint density at radius 1 is 0.884 bits per heavy atom. The molecule has 5 rings (SSSR count). The maximum atomic E-state index is 11.2. The minimum Gasteiger partial charge on any atom is -0.497 e. The number of unbranched alkanes of at least 4 members (excludes halogenated alkanes) is 3. The van der Waals surface area contributed by atoms with Gasteiger partial charge in [0.1, 0.15) is 5.75 Å². The van der Waals surface area contributed by atoms with Gasteiger partial charge in [0.2, 0.25) is 23.4 Å². The quantitative estimate of drug-likeness (QED) is 0.0703. The van der Waals surface area contributed by atoms with Crippen molar-refractivity contribution in [1.82, 2.24) is 25.3 Å². The first kappa shape index (κ1) is 29.7. The van der Waals surface area contributed by atoms with Gasteiger partial charge in [-0.2, -0.15) is 15.0 Å². The molecule has 43 heavy (non-hydrogen) atoms. The van der Waals surface area contributed by atoms with Gasteiger partial charge in [-0.15, -0.1) is 0 Å². The van der Waals surface area contributed by atoms with Gasteiger partial charge >= 0.3 is 5.69 Å². The molecule has 14 nitrogen and oxygen atoms in total. The molecule has 2 heterocycles. The van der Waals surface area contributed by atoms with Crippen LogP contribution in [0.25, 0.3) is 11.0 Å². The second kappa shape index (κ2) is 14.9. The monoisotopic (exact) mass is 590 g/mol. The molecule has 1 aliphatic carbocycles. The van der Waals surface area contributed by atoms with E-state index in [9.17, 15) is 10.1 Å². The summed E-state index contributed by atoms with van der Waals surface area (Å²) >= 11 is 0. The Bertz CT molecular complexity index is 1490. The van der Waals surface area contributed by atoms with E-state index in [1.54, 1.807) is 13.2 Å². The first-order valence-electron chi connectivity index (χ1n) is 14.9. The van der Waals surface area contributed by atoms with Crippen molar-refractivity contribution >= 4 is 40.3 Å².